The Morgan fingerprint density at radius 3 is 2.51 bits per heavy atom. The van der Waals surface area contributed by atoms with Crippen LogP contribution in [0.25, 0.3) is 35.3 Å². The van der Waals surface area contributed by atoms with Gasteiger partial charge in [-0.3, -0.25) is 10.1 Å². The van der Waals surface area contributed by atoms with Crippen LogP contribution in [0.2, 0.25) is 0 Å². The lowest BCUT2D eigenvalue weighted by Crippen LogP contribution is -2.27. The largest absolute Gasteiger partial charge is 0.276 e. The molecule has 1 N–H and O–H groups in total. The van der Waals surface area contributed by atoms with E-state index in [-0.39, 0.29) is 0 Å². The summed E-state index contributed by atoms with van der Waals surface area (Å²) in [4.78, 5) is 9.61. The standard InChI is InChI=1S/C33H34N4/c1-9-12-19-33(7,8)24(5)20-27(14-10-2)26(11-3)21-31-23(4)17-18-29(36-31)28-22-34-37-32(28)30-16-13-15-25(6)35-30/h9-11,13-18,20-22H,1,4-5H2,2-3,6-8H3,(H,34,37)/b14-10-,26-11+,27-20+,31-21+. The van der Waals surface area contributed by atoms with Gasteiger partial charge in [0, 0.05) is 11.3 Å². The van der Waals surface area contributed by atoms with Crippen molar-refractivity contribution in [3.63, 3.8) is 0 Å². The van der Waals surface area contributed by atoms with Crippen LogP contribution >= 0.6 is 0 Å². The number of nitrogens with zero attached hydrogens (tertiary/aromatic N) is 3. The molecule has 3 heterocycles. The van der Waals surface area contributed by atoms with E-state index in [0.717, 1.165) is 55.6 Å². The van der Waals surface area contributed by atoms with Crippen LogP contribution in [0.4, 0.5) is 0 Å². The van der Waals surface area contributed by atoms with E-state index in [1.54, 1.807) is 12.3 Å². The summed E-state index contributed by atoms with van der Waals surface area (Å²) < 4.78 is 0. The number of rotatable bonds is 7. The third-order valence-electron chi connectivity index (χ3n) is 5.97. The second kappa shape index (κ2) is 12.0. The van der Waals surface area contributed by atoms with Crippen LogP contribution in [0.15, 0.2) is 96.8 Å². The number of allylic oxidation sites excluding steroid dienone is 8. The van der Waals surface area contributed by atoms with Crippen LogP contribution in [0.3, 0.4) is 0 Å². The molecule has 0 fully saturated rings. The Balaban J connectivity index is 2.10. The Bertz CT molecular complexity index is 1580. The molecular formula is C33H34N4. The SMILES string of the molecule is C=CC#CC(C)(C)C(=C)/C=C(\C=C/C)C(=C/C)/C=c1/nc(-c2cn[nH]c2-c2cccc(C)n2)ccc1=C. The molecule has 0 bridgehead atoms. The van der Waals surface area contributed by atoms with E-state index in [1.165, 1.54) is 0 Å². The van der Waals surface area contributed by atoms with Gasteiger partial charge in [0.15, 0.2) is 0 Å². The summed E-state index contributed by atoms with van der Waals surface area (Å²) in [5.41, 5.74) is 6.82. The first-order valence-corrected chi connectivity index (χ1v) is 12.2. The van der Waals surface area contributed by atoms with E-state index >= 15 is 0 Å². The number of pyridine rings is 2. The van der Waals surface area contributed by atoms with Gasteiger partial charge in [-0.15, -0.1) is 0 Å². The number of aromatic nitrogens is 4. The van der Waals surface area contributed by atoms with Crippen molar-refractivity contribution in [3.05, 3.63) is 113 Å². The average Bonchev–Trinajstić information content (AvgIpc) is 3.37. The Hall–Kier alpha value is -4.49. The van der Waals surface area contributed by atoms with E-state index in [9.17, 15) is 0 Å². The first-order valence-electron chi connectivity index (χ1n) is 12.2. The second-order valence-corrected chi connectivity index (χ2v) is 9.18. The van der Waals surface area contributed by atoms with Crippen molar-refractivity contribution < 1.29 is 0 Å². The Kier molecular flexibility index (Phi) is 8.77. The van der Waals surface area contributed by atoms with E-state index in [0.29, 0.717) is 0 Å². The maximum absolute atomic E-state index is 4.97. The van der Waals surface area contributed by atoms with Crippen molar-refractivity contribution in [2.45, 2.75) is 34.6 Å². The maximum Gasteiger partial charge on any atom is 0.0928 e. The molecule has 37 heavy (non-hydrogen) atoms. The normalized spacial score (nSPS) is 12.9. The molecule has 0 saturated heterocycles. The molecule has 0 unspecified atom stereocenters. The first-order chi connectivity index (χ1) is 17.7. The summed E-state index contributed by atoms with van der Waals surface area (Å²) in [5.74, 6) is 6.17. The van der Waals surface area contributed by atoms with Gasteiger partial charge in [-0.25, -0.2) is 4.98 Å². The summed E-state index contributed by atoms with van der Waals surface area (Å²) in [6, 6.07) is 9.86. The molecule has 0 aromatic carbocycles. The lowest BCUT2D eigenvalue weighted by atomic mass is 9.84. The highest BCUT2D eigenvalue weighted by atomic mass is 15.1. The molecule has 3 aromatic heterocycles. The molecule has 0 aliphatic carbocycles. The Morgan fingerprint density at radius 1 is 1.05 bits per heavy atom. The quantitative estimate of drug-likeness (QED) is 0.317. The van der Waals surface area contributed by atoms with E-state index in [1.807, 2.05) is 57.2 Å². The maximum atomic E-state index is 4.97. The van der Waals surface area contributed by atoms with Crippen LogP contribution in [0, 0.1) is 24.2 Å². The molecule has 3 aromatic rings. The van der Waals surface area contributed by atoms with Gasteiger partial charge in [0.05, 0.1) is 34.0 Å². The summed E-state index contributed by atoms with van der Waals surface area (Å²) in [7, 11) is 0. The van der Waals surface area contributed by atoms with Crippen LogP contribution in [-0.2, 0) is 0 Å². The van der Waals surface area contributed by atoms with Crippen LogP contribution in [0.1, 0.15) is 33.4 Å². The molecule has 186 valence electrons. The van der Waals surface area contributed by atoms with Crippen LogP contribution in [0.5, 0.6) is 0 Å². The van der Waals surface area contributed by atoms with Gasteiger partial charge in [0.2, 0.25) is 0 Å². The van der Waals surface area contributed by atoms with Gasteiger partial charge < -0.3 is 0 Å². The van der Waals surface area contributed by atoms with Crippen LogP contribution < -0.4 is 10.6 Å². The molecule has 0 saturated carbocycles. The first kappa shape index (κ1) is 27.1. The number of hydrogen-bond donors (Lipinski definition) is 1. The number of nitrogens with one attached hydrogen (secondary N) is 1. The number of H-pyrrole nitrogens is 1. The fraction of sp³-hybridized carbons (Fsp3) is 0.182. The van der Waals surface area contributed by atoms with Crippen molar-refractivity contribution in [3.8, 4) is 34.5 Å². The van der Waals surface area contributed by atoms with Crippen molar-refractivity contribution >= 4 is 12.7 Å². The van der Waals surface area contributed by atoms with Gasteiger partial charge in [-0.1, -0.05) is 68.0 Å². The second-order valence-electron chi connectivity index (χ2n) is 9.18. The van der Waals surface area contributed by atoms with Crippen molar-refractivity contribution in [2.75, 3.05) is 0 Å². The molecule has 4 heteroatoms. The highest BCUT2D eigenvalue weighted by Crippen LogP contribution is 2.29. The van der Waals surface area contributed by atoms with Crippen molar-refractivity contribution in [1.82, 2.24) is 20.2 Å². The van der Waals surface area contributed by atoms with Gasteiger partial charge in [-0.2, -0.15) is 5.10 Å². The topological polar surface area (TPSA) is 54.5 Å². The summed E-state index contributed by atoms with van der Waals surface area (Å²) >= 11 is 0. The lowest BCUT2D eigenvalue weighted by molar-refractivity contribution is 0.625. The molecule has 0 amide bonds. The summed E-state index contributed by atoms with van der Waals surface area (Å²) in [6.45, 7) is 22.3. The predicted molar refractivity (Wildman–Crippen MR) is 157 cm³/mol. The molecule has 4 nitrogen and oxygen atoms in total. The van der Waals surface area contributed by atoms with Gasteiger partial charge in [-0.05, 0) is 86.9 Å². The molecule has 0 aliphatic heterocycles. The minimum Gasteiger partial charge on any atom is -0.276 e. The number of aryl methyl sites for hydroxylation is 1. The zero-order chi connectivity index (χ0) is 27.0. The number of aromatic amines is 1. The fourth-order valence-electron chi connectivity index (χ4n) is 3.70. The molecular weight excluding hydrogens is 452 g/mol. The van der Waals surface area contributed by atoms with Crippen molar-refractivity contribution in [2.24, 2.45) is 5.41 Å². The minimum absolute atomic E-state index is 0.392. The smallest absolute Gasteiger partial charge is 0.0928 e. The highest BCUT2D eigenvalue weighted by Gasteiger charge is 2.18. The van der Waals surface area contributed by atoms with E-state index in [4.69, 9.17) is 4.98 Å². The van der Waals surface area contributed by atoms with Gasteiger partial charge >= 0.3 is 0 Å². The Morgan fingerprint density at radius 2 is 1.84 bits per heavy atom. The number of hydrogen-bond acceptors (Lipinski definition) is 3. The average molecular weight is 487 g/mol. The molecule has 0 radical (unpaired) electrons. The van der Waals surface area contributed by atoms with Crippen molar-refractivity contribution in [1.29, 1.82) is 0 Å². The van der Waals surface area contributed by atoms with Crippen LogP contribution in [-0.4, -0.2) is 20.2 Å². The Labute approximate surface area is 220 Å². The predicted octanol–water partition coefficient (Wildman–Crippen LogP) is 6.25. The monoisotopic (exact) mass is 486 g/mol. The molecule has 0 atom stereocenters. The zero-order valence-corrected chi connectivity index (χ0v) is 22.4. The minimum atomic E-state index is -0.392. The zero-order valence-electron chi connectivity index (χ0n) is 22.4. The highest BCUT2D eigenvalue weighted by molar-refractivity contribution is 5.76. The van der Waals surface area contributed by atoms with E-state index < -0.39 is 5.41 Å². The molecule has 3 rings (SSSR count). The molecule has 0 spiro atoms. The molecule has 0 aliphatic rings. The van der Waals surface area contributed by atoms with Gasteiger partial charge in [0.25, 0.3) is 0 Å². The summed E-state index contributed by atoms with van der Waals surface area (Å²) in [6.07, 6.45) is 13.7. The summed E-state index contributed by atoms with van der Waals surface area (Å²) in [5, 5.41) is 8.97. The van der Waals surface area contributed by atoms with E-state index in [2.05, 4.69) is 84.9 Å². The lowest BCUT2D eigenvalue weighted by Gasteiger charge is -2.19. The third kappa shape index (κ3) is 6.59. The third-order valence-corrected chi connectivity index (χ3v) is 5.97. The fourth-order valence-corrected chi connectivity index (χ4v) is 3.70. The van der Waals surface area contributed by atoms with Gasteiger partial charge in [0.1, 0.15) is 0 Å².